The highest BCUT2D eigenvalue weighted by Gasteiger charge is 2.03. The molecule has 0 saturated carbocycles. The molecule has 0 amide bonds. The highest BCUT2D eigenvalue weighted by Crippen LogP contribution is 2.10. The molecule has 1 aromatic heterocycles. The number of nitrogens with zero attached hydrogens (tertiary/aromatic N) is 2. The van der Waals surface area contributed by atoms with Crippen molar-refractivity contribution in [3.05, 3.63) is 11.8 Å². The molecule has 15 heavy (non-hydrogen) atoms. The Morgan fingerprint density at radius 1 is 1.53 bits per heavy atom. The molecular formula is C9H14N4OS. The van der Waals surface area contributed by atoms with Gasteiger partial charge < -0.3 is 15.4 Å². The van der Waals surface area contributed by atoms with Crippen molar-refractivity contribution < 1.29 is 4.74 Å². The van der Waals surface area contributed by atoms with E-state index in [1.54, 1.807) is 13.2 Å². The second kappa shape index (κ2) is 5.45. The summed E-state index contributed by atoms with van der Waals surface area (Å²) in [7, 11) is 1.56. The molecule has 0 atom stereocenters. The smallest absolute Gasteiger partial charge is 0.232 e. The van der Waals surface area contributed by atoms with Gasteiger partial charge in [0, 0.05) is 18.3 Å². The van der Waals surface area contributed by atoms with Gasteiger partial charge in [0.15, 0.2) is 5.11 Å². The second-order valence-electron chi connectivity index (χ2n) is 2.86. The third kappa shape index (κ3) is 3.67. The first-order valence-electron chi connectivity index (χ1n) is 4.60. The van der Waals surface area contributed by atoms with Crippen molar-refractivity contribution in [2.75, 3.05) is 19.0 Å². The first kappa shape index (κ1) is 11.6. The van der Waals surface area contributed by atoms with Crippen LogP contribution in [0.25, 0.3) is 0 Å². The molecule has 0 aliphatic carbocycles. The summed E-state index contributed by atoms with van der Waals surface area (Å²) in [5, 5.41) is 6.33. The summed E-state index contributed by atoms with van der Waals surface area (Å²) in [5.41, 5.74) is 0.823. The van der Waals surface area contributed by atoms with Gasteiger partial charge in [-0.15, -0.1) is 0 Å². The average Bonchev–Trinajstić information content (AvgIpc) is 2.17. The van der Waals surface area contributed by atoms with Gasteiger partial charge in [-0.2, -0.15) is 4.98 Å². The predicted molar refractivity (Wildman–Crippen MR) is 63.2 cm³/mol. The molecule has 0 bridgehead atoms. The van der Waals surface area contributed by atoms with Crippen LogP contribution in [-0.4, -0.2) is 28.7 Å². The monoisotopic (exact) mass is 226 g/mol. The minimum Gasteiger partial charge on any atom is -0.481 e. The van der Waals surface area contributed by atoms with Gasteiger partial charge in [-0.1, -0.05) is 0 Å². The van der Waals surface area contributed by atoms with Gasteiger partial charge in [0.05, 0.1) is 7.11 Å². The molecular weight excluding hydrogens is 212 g/mol. The molecule has 0 radical (unpaired) electrons. The quantitative estimate of drug-likeness (QED) is 0.753. The van der Waals surface area contributed by atoms with Crippen molar-refractivity contribution in [2.24, 2.45) is 0 Å². The van der Waals surface area contributed by atoms with Gasteiger partial charge in [0.1, 0.15) is 0 Å². The number of thiocarbonyl (C=S) groups is 1. The molecule has 1 heterocycles. The molecule has 0 spiro atoms. The Labute approximate surface area is 94.3 Å². The van der Waals surface area contributed by atoms with E-state index in [1.165, 1.54) is 0 Å². The van der Waals surface area contributed by atoms with Crippen molar-refractivity contribution in [3.63, 3.8) is 0 Å². The Hall–Kier alpha value is -1.43. The summed E-state index contributed by atoms with van der Waals surface area (Å²) in [6, 6.07) is 1.75. The summed E-state index contributed by atoms with van der Waals surface area (Å²) in [4.78, 5) is 8.28. The molecule has 5 nitrogen and oxygen atoms in total. The van der Waals surface area contributed by atoms with E-state index in [0.717, 1.165) is 12.2 Å². The van der Waals surface area contributed by atoms with Crippen molar-refractivity contribution in [2.45, 2.75) is 13.8 Å². The Morgan fingerprint density at radius 2 is 2.27 bits per heavy atom. The van der Waals surface area contributed by atoms with Crippen LogP contribution in [0.4, 0.5) is 5.95 Å². The van der Waals surface area contributed by atoms with Crippen LogP contribution in [0.5, 0.6) is 5.88 Å². The zero-order valence-electron chi connectivity index (χ0n) is 9.00. The predicted octanol–water partition coefficient (Wildman–Crippen LogP) is 1.10. The number of hydrogen-bond donors (Lipinski definition) is 2. The van der Waals surface area contributed by atoms with Gasteiger partial charge in [-0.3, -0.25) is 0 Å². The van der Waals surface area contributed by atoms with E-state index in [0.29, 0.717) is 16.9 Å². The van der Waals surface area contributed by atoms with Crippen LogP contribution in [0, 0.1) is 6.92 Å². The maximum Gasteiger partial charge on any atom is 0.232 e. The number of hydrogen-bond acceptors (Lipinski definition) is 4. The number of aryl methyl sites for hydroxylation is 1. The summed E-state index contributed by atoms with van der Waals surface area (Å²) in [6.45, 7) is 4.59. The number of rotatable bonds is 3. The summed E-state index contributed by atoms with van der Waals surface area (Å²) in [6.07, 6.45) is 0. The summed E-state index contributed by atoms with van der Waals surface area (Å²) >= 11 is 5.01. The first-order chi connectivity index (χ1) is 7.15. The fourth-order valence-corrected chi connectivity index (χ4v) is 1.24. The Bertz CT molecular complexity index is 356. The van der Waals surface area contributed by atoms with Crippen LogP contribution in [0.2, 0.25) is 0 Å². The van der Waals surface area contributed by atoms with Crippen molar-refractivity contribution in [3.8, 4) is 5.88 Å². The standard InChI is InChI=1S/C9H14N4OS/c1-4-10-9(15)13-8-11-6(2)5-7(12-8)14-3/h5H,4H2,1-3H3,(H2,10,11,12,13,15). The summed E-state index contributed by atoms with van der Waals surface area (Å²) < 4.78 is 5.02. The molecule has 82 valence electrons. The third-order valence-corrected chi connectivity index (χ3v) is 1.85. The SMILES string of the molecule is CCNC(=S)Nc1nc(C)cc(OC)n1. The maximum atomic E-state index is 5.02. The minimum atomic E-state index is 0.442. The lowest BCUT2D eigenvalue weighted by Crippen LogP contribution is -2.28. The third-order valence-electron chi connectivity index (χ3n) is 1.60. The van der Waals surface area contributed by atoms with Crippen LogP contribution < -0.4 is 15.4 Å². The van der Waals surface area contributed by atoms with Gasteiger partial charge in [0.2, 0.25) is 11.8 Å². The van der Waals surface area contributed by atoms with E-state index in [1.807, 2.05) is 13.8 Å². The maximum absolute atomic E-state index is 5.02. The largest absolute Gasteiger partial charge is 0.481 e. The van der Waals surface area contributed by atoms with Crippen LogP contribution in [-0.2, 0) is 0 Å². The molecule has 0 unspecified atom stereocenters. The lowest BCUT2D eigenvalue weighted by atomic mass is 10.4. The molecule has 1 rings (SSSR count). The highest BCUT2D eigenvalue weighted by atomic mass is 32.1. The number of nitrogens with one attached hydrogen (secondary N) is 2. The summed E-state index contributed by atoms with van der Waals surface area (Å²) in [5.74, 6) is 0.960. The average molecular weight is 226 g/mol. The molecule has 2 N–H and O–H groups in total. The molecule has 0 aromatic carbocycles. The lowest BCUT2D eigenvalue weighted by Gasteiger charge is -2.08. The zero-order valence-corrected chi connectivity index (χ0v) is 9.81. The van der Waals surface area contributed by atoms with Gasteiger partial charge in [0.25, 0.3) is 0 Å². The number of aromatic nitrogens is 2. The van der Waals surface area contributed by atoms with E-state index in [4.69, 9.17) is 17.0 Å². The van der Waals surface area contributed by atoms with E-state index in [9.17, 15) is 0 Å². The van der Waals surface area contributed by atoms with Gasteiger partial charge >= 0.3 is 0 Å². The zero-order chi connectivity index (χ0) is 11.3. The normalized spacial score (nSPS) is 9.53. The van der Waals surface area contributed by atoms with Crippen LogP contribution in [0.15, 0.2) is 6.07 Å². The lowest BCUT2D eigenvalue weighted by molar-refractivity contribution is 0.397. The van der Waals surface area contributed by atoms with Crippen LogP contribution in [0.3, 0.4) is 0 Å². The minimum absolute atomic E-state index is 0.442. The Kier molecular flexibility index (Phi) is 4.23. The number of ether oxygens (including phenoxy) is 1. The van der Waals surface area contributed by atoms with Crippen LogP contribution >= 0.6 is 12.2 Å². The van der Waals surface area contributed by atoms with E-state index in [2.05, 4.69) is 20.6 Å². The topological polar surface area (TPSA) is 59.1 Å². The van der Waals surface area contributed by atoms with Crippen molar-refractivity contribution in [1.29, 1.82) is 0 Å². The molecule has 0 fully saturated rings. The van der Waals surface area contributed by atoms with E-state index in [-0.39, 0.29) is 0 Å². The van der Waals surface area contributed by atoms with E-state index >= 15 is 0 Å². The van der Waals surface area contributed by atoms with Crippen molar-refractivity contribution in [1.82, 2.24) is 15.3 Å². The molecule has 0 aliphatic rings. The fraction of sp³-hybridized carbons (Fsp3) is 0.444. The first-order valence-corrected chi connectivity index (χ1v) is 5.01. The number of methoxy groups -OCH3 is 1. The van der Waals surface area contributed by atoms with Gasteiger partial charge in [-0.05, 0) is 26.1 Å². The highest BCUT2D eigenvalue weighted by molar-refractivity contribution is 7.80. The van der Waals surface area contributed by atoms with Crippen molar-refractivity contribution >= 4 is 23.3 Å². The fourth-order valence-electron chi connectivity index (χ4n) is 1.01. The Balaban J connectivity index is 2.76. The second-order valence-corrected chi connectivity index (χ2v) is 3.27. The van der Waals surface area contributed by atoms with Gasteiger partial charge in [-0.25, -0.2) is 4.98 Å². The molecule has 0 saturated heterocycles. The van der Waals surface area contributed by atoms with Crippen LogP contribution in [0.1, 0.15) is 12.6 Å². The van der Waals surface area contributed by atoms with E-state index < -0.39 is 0 Å². The molecule has 6 heteroatoms. The molecule has 1 aromatic rings. The Morgan fingerprint density at radius 3 is 2.87 bits per heavy atom. The molecule has 0 aliphatic heterocycles. The number of anilines is 1.